The molecule has 0 fully saturated rings. The summed E-state index contributed by atoms with van der Waals surface area (Å²) < 4.78 is 5.16. The van der Waals surface area contributed by atoms with Crippen molar-refractivity contribution in [1.29, 1.82) is 0 Å². The minimum atomic E-state index is -0.494. The van der Waals surface area contributed by atoms with Crippen molar-refractivity contribution in [1.82, 2.24) is 9.97 Å². The molecule has 1 amide bonds. The summed E-state index contributed by atoms with van der Waals surface area (Å²) in [6.07, 6.45) is 5.00. The van der Waals surface area contributed by atoms with Crippen LogP contribution < -0.4 is 15.8 Å². The molecular weight excluding hydrogens is 244 g/mol. The average molecular weight is 258 g/mol. The number of primary amides is 1. The van der Waals surface area contributed by atoms with Gasteiger partial charge in [-0.15, -0.1) is 0 Å². The summed E-state index contributed by atoms with van der Waals surface area (Å²) in [5.41, 5.74) is 6.93. The summed E-state index contributed by atoms with van der Waals surface area (Å²) in [6, 6.07) is 7.26. The van der Waals surface area contributed by atoms with Gasteiger partial charge in [0.05, 0.1) is 0 Å². The smallest absolute Gasteiger partial charge is 0.255 e. The van der Waals surface area contributed by atoms with Crippen LogP contribution in [0.15, 0.2) is 43.0 Å². The van der Waals surface area contributed by atoms with E-state index in [9.17, 15) is 4.79 Å². The summed E-state index contributed by atoms with van der Waals surface area (Å²) in [5.74, 6) is 0.110. The second-order valence-electron chi connectivity index (χ2n) is 3.88. The minimum absolute atomic E-state index is 0.117. The quantitative estimate of drug-likeness (QED) is 0.805. The number of hydrogen-bond acceptors (Lipinski definition) is 5. The van der Waals surface area contributed by atoms with Gasteiger partial charge in [0.2, 0.25) is 0 Å². The fourth-order valence-electron chi connectivity index (χ4n) is 1.45. The largest absolute Gasteiger partial charge is 0.484 e. The predicted octanol–water partition coefficient (Wildman–Crippen LogP) is 0.953. The molecule has 0 atom stereocenters. The molecule has 0 radical (unpaired) electrons. The van der Waals surface area contributed by atoms with Crippen LogP contribution >= 0.6 is 0 Å². The Morgan fingerprint density at radius 3 is 2.53 bits per heavy atom. The Hall–Kier alpha value is -2.63. The number of anilines is 1. The molecule has 3 N–H and O–H groups in total. The second kappa shape index (κ2) is 6.34. The van der Waals surface area contributed by atoms with Gasteiger partial charge in [0, 0.05) is 30.2 Å². The number of nitrogens with zero attached hydrogens (tertiary/aromatic N) is 2. The summed E-state index contributed by atoms with van der Waals surface area (Å²) in [6.45, 7) is 0.524. The average Bonchev–Trinajstić information content (AvgIpc) is 2.45. The first-order chi connectivity index (χ1) is 9.24. The van der Waals surface area contributed by atoms with Gasteiger partial charge in [0.25, 0.3) is 5.91 Å². The molecule has 0 saturated carbocycles. The maximum Gasteiger partial charge on any atom is 0.255 e. The van der Waals surface area contributed by atoms with Gasteiger partial charge in [0.15, 0.2) is 6.61 Å². The topological polar surface area (TPSA) is 90.1 Å². The van der Waals surface area contributed by atoms with Crippen molar-refractivity contribution in [2.24, 2.45) is 5.73 Å². The standard InChI is InChI=1S/C13H14N4O2/c14-13(18)8-19-12-3-1-11(2-4-12)17-7-10-5-15-9-16-6-10/h1-6,9,17H,7-8H2,(H2,14,18). The van der Waals surface area contributed by atoms with Crippen LogP contribution in [0.4, 0.5) is 5.69 Å². The summed E-state index contributed by atoms with van der Waals surface area (Å²) in [5, 5.41) is 3.23. The Labute approximate surface area is 110 Å². The zero-order valence-electron chi connectivity index (χ0n) is 10.2. The lowest BCUT2D eigenvalue weighted by atomic mass is 10.3. The first-order valence-electron chi connectivity index (χ1n) is 5.73. The Bertz CT molecular complexity index is 528. The van der Waals surface area contributed by atoms with Crippen LogP contribution in [0, 0.1) is 0 Å². The van der Waals surface area contributed by atoms with Crippen molar-refractivity contribution in [3.63, 3.8) is 0 Å². The molecule has 1 aromatic heterocycles. The molecule has 1 heterocycles. The summed E-state index contributed by atoms with van der Waals surface area (Å²) in [7, 11) is 0. The molecular formula is C13H14N4O2. The van der Waals surface area contributed by atoms with E-state index in [2.05, 4.69) is 15.3 Å². The zero-order valence-corrected chi connectivity index (χ0v) is 10.2. The summed E-state index contributed by atoms with van der Waals surface area (Å²) >= 11 is 0. The lowest BCUT2D eigenvalue weighted by Crippen LogP contribution is -2.19. The van der Waals surface area contributed by atoms with Crippen LogP contribution in [-0.4, -0.2) is 22.5 Å². The third-order valence-corrected chi connectivity index (χ3v) is 2.35. The number of ether oxygens (including phenoxy) is 1. The van der Waals surface area contributed by atoms with Gasteiger partial charge in [0.1, 0.15) is 12.1 Å². The highest BCUT2D eigenvalue weighted by Crippen LogP contribution is 2.16. The molecule has 0 unspecified atom stereocenters. The highest BCUT2D eigenvalue weighted by Gasteiger charge is 1.98. The van der Waals surface area contributed by atoms with Crippen LogP contribution in [0.3, 0.4) is 0 Å². The van der Waals surface area contributed by atoms with E-state index in [1.165, 1.54) is 6.33 Å². The van der Waals surface area contributed by atoms with Crippen LogP contribution in [0.2, 0.25) is 0 Å². The number of benzene rings is 1. The molecule has 6 nitrogen and oxygen atoms in total. The van der Waals surface area contributed by atoms with Gasteiger partial charge in [-0.2, -0.15) is 0 Å². The Morgan fingerprint density at radius 1 is 1.21 bits per heavy atom. The van der Waals surface area contributed by atoms with E-state index >= 15 is 0 Å². The second-order valence-corrected chi connectivity index (χ2v) is 3.88. The van der Waals surface area contributed by atoms with Crippen LogP contribution in [-0.2, 0) is 11.3 Å². The van der Waals surface area contributed by atoms with Crippen LogP contribution in [0.1, 0.15) is 5.56 Å². The number of hydrogen-bond donors (Lipinski definition) is 2. The fraction of sp³-hybridized carbons (Fsp3) is 0.154. The molecule has 98 valence electrons. The maximum absolute atomic E-state index is 10.6. The maximum atomic E-state index is 10.6. The Morgan fingerprint density at radius 2 is 1.89 bits per heavy atom. The number of aromatic nitrogens is 2. The van der Waals surface area contributed by atoms with Gasteiger partial charge in [-0.3, -0.25) is 4.79 Å². The molecule has 0 aliphatic rings. The van der Waals surface area contributed by atoms with E-state index < -0.39 is 5.91 Å². The molecule has 6 heteroatoms. The van der Waals surface area contributed by atoms with Crippen molar-refractivity contribution in [3.8, 4) is 5.75 Å². The number of nitrogens with one attached hydrogen (secondary N) is 1. The molecule has 2 rings (SSSR count). The molecule has 0 aliphatic heterocycles. The van der Waals surface area contributed by atoms with E-state index in [4.69, 9.17) is 10.5 Å². The van der Waals surface area contributed by atoms with Gasteiger partial charge in [-0.25, -0.2) is 9.97 Å². The van der Waals surface area contributed by atoms with Crippen molar-refractivity contribution < 1.29 is 9.53 Å². The lowest BCUT2D eigenvalue weighted by molar-refractivity contribution is -0.119. The number of amides is 1. The molecule has 0 aliphatic carbocycles. The number of nitrogens with two attached hydrogens (primary N) is 1. The molecule has 2 aromatic rings. The molecule has 1 aromatic carbocycles. The predicted molar refractivity (Wildman–Crippen MR) is 70.5 cm³/mol. The Balaban J connectivity index is 1.86. The fourth-order valence-corrected chi connectivity index (χ4v) is 1.45. The number of carbonyl (C=O) groups excluding carboxylic acids is 1. The van der Waals surface area contributed by atoms with Crippen molar-refractivity contribution in [2.45, 2.75) is 6.54 Å². The van der Waals surface area contributed by atoms with E-state index in [1.54, 1.807) is 24.5 Å². The normalized spacial score (nSPS) is 9.89. The van der Waals surface area contributed by atoms with Crippen molar-refractivity contribution in [3.05, 3.63) is 48.5 Å². The summed E-state index contributed by atoms with van der Waals surface area (Å²) in [4.78, 5) is 18.4. The Kier molecular flexibility index (Phi) is 4.28. The van der Waals surface area contributed by atoms with Gasteiger partial charge >= 0.3 is 0 Å². The highest BCUT2D eigenvalue weighted by atomic mass is 16.5. The first kappa shape index (κ1) is 12.8. The lowest BCUT2D eigenvalue weighted by Gasteiger charge is -2.07. The minimum Gasteiger partial charge on any atom is -0.484 e. The molecule has 0 spiro atoms. The van der Waals surface area contributed by atoms with Crippen molar-refractivity contribution >= 4 is 11.6 Å². The van der Waals surface area contributed by atoms with E-state index in [1.807, 2.05) is 12.1 Å². The number of rotatable bonds is 6. The van der Waals surface area contributed by atoms with E-state index in [0.29, 0.717) is 12.3 Å². The third kappa shape index (κ3) is 4.27. The van der Waals surface area contributed by atoms with Crippen molar-refractivity contribution in [2.75, 3.05) is 11.9 Å². The van der Waals surface area contributed by atoms with Crippen LogP contribution in [0.5, 0.6) is 5.75 Å². The first-order valence-corrected chi connectivity index (χ1v) is 5.73. The highest BCUT2D eigenvalue weighted by molar-refractivity contribution is 5.75. The van der Waals surface area contributed by atoms with Crippen LogP contribution in [0.25, 0.3) is 0 Å². The van der Waals surface area contributed by atoms with E-state index in [0.717, 1.165) is 11.3 Å². The third-order valence-electron chi connectivity index (χ3n) is 2.35. The monoisotopic (exact) mass is 258 g/mol. The van der Waals surface area contributed by atoms with Gasteiger partial charge < -0.3 is 15.8 Å². The molecule has 0 saturated heterocycles. The molecule has 0 bridgehead atoms. The SMILES string of the molecule is NC(=O)COc1ccc(NCc2cncnc2)cc1. The zero-order chi connectivity index (χ0) is 13.5. The number of carbonyl (C=O) groups is 1. The molecule has 19 heavy (non-hydrogen) atoms. The van der Waals surface area contributed by atoms with Gasteiger partial charge in [-0.05, 0) is 24.3 Å². The van der Waals surface area contributed by atoms with Gasteiger partial charge in [-0.1, -0.05) is 0 Å². The van der Waals surface area contributed by atoms with E-state index in [-0.39, 0.29) is 6.61 Å².